The van der Waals surface area contributed by atoms with Crippen molar-refractivity contribution in [3.63, 3.8) is 0 Å². The van der Waals surface area contributed by atoms with Crippen LogP contribution in [0.5, 0.6) is 0 Å². The molecule has 1 aromatic rings. The zero-order valence-electron chi connectivity index (χ0n) is 14.0. The van der Waals surface area contributed by atoms with Crippen LogP contribution < -0.4 is 14.9 Å². The van der Waals surface area contributed by atoms with E-state index >= 15 is 0 Å². The Morgan fingerprint density at radius 2 is 1.91 bits per heavy atom. The quantitative estimate of drug-likeness (QED) is 0.821. The lowest BCUT2D eigenvalue weighted by Gasteiger charge is -2.45. The van der Waals surface area contributed by atoms with Crippen molar-refractivity contribution < 1.29 is 4.55 Å². The van der Waals surface area contributed by atoms with E-state index in [4.69, 9.17) is 0 Å². The van der Waals surface area contributed by atoms with E-state index in [1.807, 2.05) is 20.8 Å². The van der Waals surface area contributed by atoms with Gasteiger partial charge in [-0.15, -0.1) is 4.72 Å². The average molecular weight is 321 g/mol. The monoisotopic (exact) mass is 321 g/mol. The van der Waals surface area contributed by atoms with E-state index in [-0.39, 0.29) is 16.3 Å². The van der Waals surface area contributed by atoms with Crippen molar-refractivity contribution in [3.05, 3.63) is 29.8 Å². The SMILES string of the molecule is CN1c2ccccc2[C@@H](N[S+]([O-])C(C)(C)C)C12CCNCC2. The predicted octanol–water partition coefficient (Wildman–Crippen LogP) is 2.35. The molecule has 0 radical (unpaired) electrons. The molecule has 2 heterocycles. The van der Waals surface area contributed by atoms with Gasteiger partial charge < -0.3 is 14.8 Å². The molecule has 1 saturated heterocycles. The van der Waals surface area contributed by atoms with Crippen molar-refractivity contribution in [2.45, 2.75) is 49.9 Å². The molecule has 2 aliphatic rings. The molecule has 3 rings (SSSR count). The Morgan fingerprint density at radius 3 is 2.55 bits per heavy atom. The molecule has 0 saturated carbocycles. The van der Waals surface area contributed by atoms with Crippen LogP contribution in [0.2, 0.25) is 0 Å². The molecule has 22 heavy (non-hydrogen) atoms. The molecule has 0 aliphatic carbocycles. The number of anilines is 1. The van der Waals surface area contributed by atoms with Gasteiger partial charge in [0.15, 0.2) is 0 Å². The molecular formula is C17H27N3OS. The fourth-order valence-electron chi connectivity index (χ4n) is 3.70. The number of likely N-dealkylation sites (N-methyl/N-ethyl adjacent to an activating group) is 1. The maximum atomic E-state index is 12.7. The maximum absolute atomic E-state index is 12.7. The molecule has 0 aromatic heterocycles. The highest BCUT2D eigenvalue weighted by Gasteiger charge is 2.52. The molecule has 1 aromatic carbocycles. The molecule has 2 atom stereocenters. The van der Waals surface area contributed by atoms with Crippen LogP contribution in [0.25, 0.3) is 0 Å². The molecule has 1 unspecified atom stereocenters. The minimum absolute atomic E-state index is 0.0237. The van der Waals surface area contributed by atoms with Crippen LogP contribution in [0.4, 0.5) is 5.69 Å². The average Bonchev–Trinajstić information content (AvgIpc) is 2.71. The molecule has 5 heteroatoms. The largest absolute Gasteiger partial charge is 0.598 e. The Morgan fingerprint density at radius 1 is 1.27 bits per heavy atom. The van der Waals surface area contributed by atoms with Gasteiger partial charge in [0, 0.05) is 24.1 Å². The number of para-hydroxylation sites is 1. The van der Waals surface area contributed by atoms with Gasteiger partial charge in [-0.25, -0.2) is 0 Å². The lowest BCUT2D eigenvalue weighted by Crippen LogP contribution is -2.58. The van der Waals surface area contributed by atoms with Crippen LogP contribution in [-0.2, 0) is 11.4 Å². The van der Waals surface area contributed by atoms with Crippen LogP contribution in [0.3, 0.4) is 0 Å². The number of fused-ring (bicyclic) bond motifs is 1. The molecule has 1 spiro atoms. The second kappa shape index (κ2) is 5.71. The van der Waals surface area contributed by atoms with Gasteiger partial charge in [0.1, 0.15) is 10.8 Å². The van der Waals surface area contributed by atoms with Gasteiger partial charge in [-0.05, 0) is 58.3 Å². The molecule has 1 fully saturated rings. The Bertz CT molecular complexity index is 537. The molecule has 0 bridgehead atoms. The molecule has 0 amide bonds. The highest BCUT2D eigenvalue weighted by atomic mass is 32.2. The lowest BCUT2D eigenvalue weighted by molar-refractivity contribution is 0.255. The van der Waals surface area contributed by atoms with E-state index in [0.29, 0.717) is 0 Å². The summed E-state index contributed by atoms with van der Waals surface area (Å²) in [5.41, 5.74) is 2.58. The van der Waals surface area contributed by atoms with E-state index in [1.54, 1.807) is 0 Å². The molecule has 122 valence electrons. The highest BCUT2D eigenvalue weighted by Crippen LogP contribution is 2.50. The minimum atomic E-state index is -1.07. The first-order valence-electron chi connectivity index (χ1n) is 8.08. The summed E-state index contributed by atoms with van der Waals surface area (Å²) in [5, 5.41) is 3.46. The van der Waals surface area contributed by atoms with E-state index in [0.717, 1.165) is 25.9 Å². The Balaban J connectivity index is 1.99. The van der Waals surface area contributed by atoms with E-state index in [1.165, 1.54) is 11.3 Å². The fraction of sp³-hybridized carbons (Fsp3) is 0.647. The first kappa shape index (κ1) is 16.1. The molecule has 4 nitrogen and oxygen atoms in total. The Kier molecular flexibility index (Phi) is 4.18. The van der Waals surface area contributed by atoms with Gasteiger partial charge in [-0.2, -0.15) is 0 Å². The third-order valence-electron chi connectivity index (χ3n) is 5.06. The molecule has 2 N–H and O–H groups in total. The van der Waals surface area contributed by atoms with Crippen molar-refractivity contribution in [1.82, 2.24) is 10.0 Å². The minimum Gasteiger partial charge on any atom is -0.598 e. The van der Waals surface area contributed by atoms with Gasteiger partial charge in [0.25, 0.3) is 0 Å². The topological polar surface area (TPSA) is 50.4 Å². The maximum Gasteiger partial charge on any atom is 0.136 e. The summed E-state index contributed by atoms with van der Waals surface area (Å²) in [6.07, 6.45) is 2.13. The Labute approximate surface area is 137 Å². The summed E-state index contributed by atoms with van der Waals surface area (Å²) in [6, 6.07) is 8.66. The van der Waals surface area contributed by atoms with E-state index in [9.17, 15) is 4.55 Å². The van der Waals surface area contributed by atoms with Crippen LogP contribution >= 0.6 is 0 Å². The number of hydrogen-bond donors (Lipinski definition) is 2. The van der Waals surface area contributed by atoms with Crippen LogP contribution in [-0.4, -0.2) is 35.0 Å². The third-order valence-corrected chi connectivity index (χ3v) is 6.63. The Hall–Kier alpha value is -0.750. The van der Waals surface area contributed by atoms with Gasteiger partial charge in [0.05, 0.1) is 5.54 Å². The van der Waals surface area contributed by atoms with Gasteiger partial charge in [-0.1, -0.05) is 18.2 Å². The highest BCUT2D eigenvalue weighted by molar-refractivity contribution is 7.90. The summed E-state index contributed by atoms with van der Waals surface area (Å²) in [6.45, 7) is 8.10. The van der Waals surface area contributed by atoms with Gasteiger partial charge in [0.2, 0.25) is 0 Å². The number of rotatable bonds is 2. The van der Waals surface area contributed by atoms with Crippen LogP contribution in [0.15, 0.2) is 24.3 Å². The van der Waals surface area contributed by atoms with Gasteiger partial charge >= 0.3 is 0 Å². The molecular weight excluding hydrogens is 294 g/mol. The fourth-order valence-corrected chi connectivity index (χ4v) is 4.61. The zero-order chi connectivity index (χ0) is 16.0. The molecule has 2 aliphatic heterocycles. The van der Waals surface area contributed by atoms with Crippen molar-refractivity contribution in [2.75, 3.05) is 25.0 Å². The first-order chi connectivity index (χ1) is 10.4. The summed E-state index contributed by atoms with van der Waals surface area (Å²) >= 11 is -1.07. The van der Waals surface area contributed by atoms with Crippen molar-refractivity contribution in [3.8, 4) is 0 Å². The van der Waals surface area contributed by atoms with E-state index in [2.05, 4.69) is 46.3 Å². The second-order valence-electron chi connectivity index (χ2n) is 7.40. The smallest absolute Gasteiger partial charge is 0.136 e. The number of piperidine rings is 1. The standard InChI is InChI=1S/C17H27N3OS/c1-16(2,3)22(21)19-15-13-7-5-6-8-14(13)20(4)17(15)9-11-18-12-10-17/h5-8,15,18-19H,9-12H2,1-4H3/t15-,22?/m1/s1. The lowest BCUT2D eigenvalue weighted by atomic mass is 9.81. The summed E-state index contributed by atoms with van der Waals surface area (Å²) < 4.78 is 15.9. The van der Waals surface area contributed by atoms with E-state index < -0.39 is 11.4 Å². The first-order valence-corrected chi connectivity index (χ1v) is 9.23. The van der Waals surface area contributed by atoms with Crippen LogP contribution in [0, 0.1) is 0 Å². The van der Waals surface area contributed by atoms with Gasteiger partial charge in [-0.3, -0.25) is 0 Å². The van der Waals surface area contributed by atoms with Crippen molar-refractivity contribution in [1.29, 1.82) is 0 Å². The zero-order valence-corrected chi connectivity index (χ0v) is 14.8. The summed E-state index contributed by atoms with van der Waals surface area (Å²) in [4.78, 5) is 2.42. The summed E-state index contributed by atoms with van der Waals surface area (Å²) in [7, 11) is 2.19. The number of nitrogens with one attached hydrogen (secondary N) is 2. The second-order valence-corrected chi connectivity index (χ2v) is 9.40. The van der Waals surface area contributed by atoms with Crippen molar-refractivity contribution in [2.24, 2.45) is 0 Å². The predicted molar refractivity (Wildman–Crippen MR) is 93.5 cm³/mol. The normalized spacial score (nSPS) is 25.3. The third kappa shape index (κ3) is 2.54. The summed E-state index contributed by atoms with van der Waals surface area (Å²) in [5.74, 6) is 0. The number of nitrogens with zero attached hydrogens (tertiary/aromatic N) is 1. The number of hydrogen-bond acceptors (Lipinski definition) is 4. The van der Waals surface area contributed by atoms with Crippen LogP contribution in [0.1, 0.15) is 45.2 Å². The van der Waals surface area contributed by atoms with Crippen molar-refractivity contribution >= 4 is 17.0 Å². The number of benzene rings is 1.